The molecule has 0 fully saturated rings. The number of halogens is 3. The van der Waals surface area contributed by atoms with E-state index in [0.29, 0.717) is 20.8 Å². The van der Waals surface area contributed by atoms with Crippen molar-refractivity contribution in [3.63, 3.8) is 0 Å². The zero-order valence-corrected chi connectivity index (χ0v) is 12.5. The Morgan fingerprint density at radius 3 is 2.37 bits per heavy atom. The highest BCUT2D eigenvalue weighted by Crippen LogP contribution is 2.31. The van der Waals surface area contributed by atoms with E-state index in [1.165, 1.54) is 0 Å². The first-order chi connectivity index (χ1) is 8.97. The highest BCUT2D eigenvalue weighted by Gasteiger charge is 2.11. The van der Waals surface area contributed by atoms with Gasteiger partial charge in [-0.05, 0) is 42.8 Å². The second-order valence-electron chi connectivity index (χ2n) is 4.27. The first-order valence-corrected chi connectivity index (χ1v) is 6.87. The maximum absolute atomic E-state index is 6.18. The molecule has 0 aromatic heterocycles. The Bertz CT molecular complexity index is 599. The van der Waals surface area contributed by atoms with Crippen molar-refractivity contribution in [3.8, 4) is 0 Å². The van der Waals surface area contributed by atoms with E-state index in [0.717, 1.165) is 11.3 Å². The van der Waals surface area contributed by atoms with E-state index < -0.39 is 0 Å². The van der Waals surface area contributed by atoms with Gasteiger partial charge in [-0.1, -0.05) is 40.9 Å². The van der Waals surface area contributed by atoms with Gasteiger partial charge in [-0.2, -0.15) is 0 Å². The molecule has 2 aromatic carbocycles. The molecule has 1 unspecified atom stereocenters. The molecule has 0 amide bonds. The SMILES string of the molecule is CC(Nc1ccc(N)cc1Cl)c1ccc(Cl)cc1Cl. The lowest BCUT2D eigenvalue weighted by molar-refractivity contribution is 0.885. The zero-order chi connectivity index (χ0) is 14.0. The predicted octanol–water partition coefficient (Wildman–Crippen LogP) is 5.40. The monoisotopic (exact) mass is 314 g/mol. The van der Waals surface area contributed by atoms with E-state index in [1.54, 1.807) is 18.2 Å². The molecule has 0 aliphatic rings. The Balaban J connectivity index is 2.23. The average molecular weight is 316 g/mol. The first kappa shape index (κ1) is 14.3. The van der Waals surface area contributed by atoms with Crippen LogP contribution in [0.4, 0.5) is 11.4 Å². The second-order valence-corrected chi connectivity index (χ2v) is 5.52. The Labute approximate surface area is 127 Å². The minimum Gasteiger partial charge on any atom is -0.399 e. The minimum atomic E-state index is 0.00545. The third kappa shape index (κ3) is 3.47. The van der Waals surface area contributed by atoms with Crippen molar-refractivity contribution in [1.82, 2.24) is 0 Å². The maximum atomic E-state index is 6.18. The average Bonchev–Trinajstić information content (AvgIpc) is 2.32. The van der Waals surface area contributed by atoms with Crippen molar-refractivity contribution in [2.24, 2.45) is 0 Å². The van der Waals surface area contributed by atoms with Crippen LogP contribution in [-0.4, -0.2) is 0 Å². The van der Waals surface area contributed by atoms with Gasteiger partial charge in [0, 0.05) is 15.7 Å². The van der Waals surface area contributed by atoms with Crippen molar-refractivity contribution in [2.75, 3.05) is 11.1 Å². The lowest BCUT2D eigenvalue weighted by atomic mass is 10.1. The van der Waals surface area contributed by atoms with E-state index in [4.69, 9.17) is 40.5 Å². The van der Waals surface area contributed by atoms with Gasteiger partial charge in [0.25, 0.3) is 0 Å². The highest BCUT2D eigenvalue weighted by molar-refractivity contribution is 6.35. The number of benzene rings is 2. The molecule has 0 saturated heterocycles. The summed E-state index contributed by atoms with van der Waals surface area (Å²) in [6, 6.07) is 10.8. The van der Waals surface area contributed by atoms with Gasteiger partial charge < -0.3 is 11.1 Å². The third-order valence-electron chi connectivity index (χ3n) is 2.79. The summed E-state index contributed by atoms with van der Waals surface area (Å²) in [5.74, 6) is 0. The lowest BCUT2D eigenvalue weighted by Crippen LogP contribution is -2.07. The van der Waals surface area contributed by atoms with Crippen LogP contribution < -0.4 is 11.1 Å². The molecule has 0 saturated carbocycles. The summed E-state index contributed by atoms with van der Waals surface area (Å²) in [4.78, 5) is 0. The van der Waals surface area contributed by atoms with E-state index in [1.807, 2.05) is 25.1 Å². The number of nitrogens with one attached hydrogen (secondary N) is 1. The second kappa shape index (κ2) is 5.91. The van der Waals surface area contributed by atoms with Gasteiger partial charge in [0.15, 0.2) is 0 Å². The summed E-state index contributed by atoms with van der Waals surface area (Å²) in [5.41, 5.74) is 8.07. The molecule has 0 heterocycles. The molecule has 0 aliphatic carbocycles. The summed E-state index contributed by atoms with van der Waals surface area (Å²) in [6.45, 7) is 2.00. The molecular formula is C14H13Cl3N2. The van der Waals surface area contributed by atoms with Crippen LogP contribution in [0.25, 0.3) is 0 Å². The van der Waals surface area contributed by atoms with Gasteiger partial charge in [-0.3, -0.25) is 0 Å². The van der Waals surface area contributed by atoms with Gasteiger partial charge >= 0.3 is 0 Å². The smallest absolute Gasteiger partial charge is 0.0658 e. The summed E-state index contributed by atoms with van der Waals surface area (Å²) in [6.07, 6.45) is 0. The number of nitrogens with two attached hydrogens (primary N) is 1. The summed E-state index contributed by atoms with van der Waals surface area (Å²) in [5, 5.41) is 5.12. The van der Waals surface area contributed by atoms with Crippen molar-refractivity contribution in [3.05, 3.63) is 57.0 Å². The standard InChI is InChI=1S/C14H13Cl3N2/c1-8(11-4-2-9(15)6-12(11)16)19-14-5-3-10(18)7-13(14)17/h2-8,19H,18H2,1H3. The normalized spacial score (nSPS) is 12.2. The van der Waals surface area contributed by atoms with Crippen LogP contribution in [0.1, 0.15) is 18.5 Å². The van der Waals surface area contributed by atoms with E-state index in [-0.39, 0.29) is 6.04 Å². The molecule has 5 heteroatoms. The highest BCUT2D eigenvalue weighted by atomic mass is 35.5. The summed E-state index contributed by atoms with van der Waals surface area (Å²) >= 11 is 18.2. The van der Waals surface area contributed by atoms with Gasteiger partial charge in [-0.25, -0.2) is 0 Å². The number of hydrogen-bond donors (Lipinski definition) is 2. The van der Waals surface area contributed by atoms with Crippen LogP contribution in [0.15, 0.2) is 36.4 Å². The number of anilines is 2. The molecule has 2 aromatic rings. The van der Waals surface area contributed by atoms with Gasteiger partial charge in [0.05, 0.1) is 16.8 Å². The van der Waals surface area contributed by atoms with E-state index >= 15 is 0 Å². The Hall–Kier alpha value is -1.09. The van der Waals surface area contributed by atoms with Gasteiger partial charge in [0.1, 0.15) is 0 Å². The fourth-order valence-electron chi connectivity index (χ4n) is 1.81. The van der Waals surface area contributed by atoms with Crippen molar-refractivity contribution in [2.45, 2.75) is 13.0 Å². The van der Waals surface area contributed by atoms with Crippen LogP contribution in [0.5, 0.6) is 0 Å². The number of hydrogen-bond acceptors (Lipinski definition) is 2. The molecule has 2 rings (SSSR count). The van der Waals surface area contributed by atoms with Gasteiger partial charge in [0.2, 0.25) is 0 Å². The van der Waals surface area contributed by atoms with Crippen LogP contribution in [0, 0.1) is 0 Å². The fourth-order valence-corrected chi connectivity index (χ4v) is 2.63. The van der Waals surface area contributed by atoms with Crippen LogP contribution in [-0.2, 0) is 0 Å². The molecule has 1 atom stereocenters. The minimum absolute atomic E-state index is 0.00545. The predicted molar refractivity (Wildman–Crippen MR) is 84.4 cm³/mol. The van der Waals surface area contributed by atoms with Crippen LogP contribution >= 0.6 is 34.8 Å². The molecular weight excluding hydrogens is 303 g/mol. The molecule has 2 nitrogen and oxygen atoms in total. The summed E-state index contributed by atoms with van der Waals surface area (Å²) < 4.78 is 0. The molecule has 19 heavy (non-hydrogen) atoms. The van der Waals surface area contributed by atoms with E-state index in [2.05, 4.69) is 5.32 Å². The molecule has 3 N–H and O–H groups in total. The molecule has 100 valence electrons. The molecule has 0 spiro atoms. The third-order valence-corrected chi connectivity index (χ3v) is 3.67. The molecule has 0 radical (unpaired) electrons. The van der Waals surface area contributed by atoms with Crippen molar-refractivity contribution < 1.29 is 0 Å². The number of rotatable bonds is 3. The summed E-state index contributed by atoms with van der Waals surface area (Å²) in [7, 11) is 0. The van der Waals surface area contributed by atoms with E-state index in [9.17, 15) is 0 Å². The molecule has 0 aliphatic heterocycles. The Kier molecular flexibility index (Phi) is 4.46. The zero-order valence-electron chi connectivity index (χ0n) is 10.3. The largest absolute Gasteiger partial charge is 0.399 e. The maximum Gasteiger partial charge on any atom is 0.0658 e. The quantitative estimate of drug-likeness (QED) is 0.744. The van der Waals surface area contributed by atoms with Crippen molar-refractivity contribution in [1.29, 1.82) is 0 Å². The van der Waals surface area contributed by atoms with Gasteiger partial charge in [-0.15, -0.1) is 0 Å². The lowest BCUT2D eigenvalue weighted by Gasteiger charge is -2.18. The Morgan fingerprint density at radius 1 is 1.00 bits per heavy atom. The Morgan fingerprint density at radius 2 is 1.74 bits per heavy atom. The molecule has 0 bridgehead atoms. The topological polar surface area (TPSA) is 38.0 Å². The fraction of sp³-hybridized carbons (Fsp3) is 0.143. The first-order valence-electron chi connectivity index (χ1n) is 5.74. The number of nitrogen functional groups attached to an aromatic ring is 1. The van der Waals surface area contributed by atoms with Crippen LogP contribution in [0.2, 0.25) is 15.1 Å². The van der Waals surface area contributed by atoms with Crippen molar-refractivity contribution >= 4 is 46.2 Å². The van der Waals surface area contributed by atoms with Crippen LogP contribution in [0.3, 0.4) is 0 Å².